The summed E-state index contributed by atoms with van der Waals surface area (Å²) in [7, 11) is 0. The number of rotatable bonds is 4. The zero-order valence-electron chi connectivity index (χ0n) is 22.2. The number of phenolic OH excluding ortho intramolecular Hbond substituents is 1. The van der Waals surface area contributed by atoms with Crippen LogP contribution in [-0.2, 0) is 32.1 Å². The summed E-state index contributed by atoms with van der Waals surface area (Å²) in [5.41, 5.74) is 4.23. The number of phenols is 1. The Balaban J connectivity index is 1.79. The number of fused-ring (bicyclic) bond motifs is 3. The molecule has 38 heavy (non-hydrogen) atoms. The smallest absolute Gasteiger partial charge is 0.411 e. The molecule has 0 heterocycles. The third-order valence-corrected chi connectivity index (χ3v) is 7.60. The molecule has 3 aliphatic rings. The monoisotopic (exact) mass is 526 g/mol. The predicted octanol–water partition coefficient (Wildman–Crippen LogP) is 3.09. The number of benzene rings is 1. The summed E-state index contributed by atoms with van der Waals surface area (Å²) in [4.78, 5) is 51.5. The van der Waals surface area contributed by atoms with E-state index in [2.05, 4.69) is 5.32 Å². The van der Waals surface area contributed by atoms with Gasteiger partial charge >= 0.3 is 6.09 Å². The Morgan fingerprint density at radius 1 is 1.18 bits per heavy atom. The third kappa shape index (κ3) is 4.31. The Labute approximate surface area is 220 Å². The van der Waals surface area contributed by atoms with Crippen LogP contribution in [0.4, 0.5) is 10.5 Å². The summed E-state index contributed by atoms with van der Waals surface area (Å²) in [6.45, 7) is 8.64. The lowest BCUT2D eigenvalue weighted by Gasteiger charge is -2.46. The van der Waals surface area contributed by atoms with E-state index in [1.54, 1.807) is 6.92 Å². The van der Waals surface area contributed by atoms with Crippen molar-refractivity contribution in [1.29, 1.82) is 0 Å². The minimum atomic E-state index is -2.49. The van der Waals surface area contributed by atoms with Crippen LogP contribution in [0.3, 0.4) is 0 Å². The quantitative estimate of drug-likeness (QED) is 0.224. The number of ether oxygens (including phenoxy) is 1. The van der Waals surface area contributed by atoms with Crippen molar-refractivity contribution in [2.24, 2.45) is 23.0 Å². The highest BCUT2D eigenvalue weighted by Crippen LogP contribution is 2.52. The maximum Gasteiger partial charge on any atom is 0.411 e. The largest absolute Gasteiger partial charge is 0.507 e. The number of hydrogen-bond donors (Lipinski definition) is 5. The standard InChI is InChI=1S/C28H34N2O8/c1-12-6-16-7-14-8-17-15(10-29)9-18(30-26(36)38-11-27(3,4)5)22(32)21(17)23(33)20(14)25(35)28(16,37)24(34)19(12)13(2)31/h9,14,16,32-33,37H,6-8,10-11,29H2,1-5H3,(H,30,36)/t14-,16-,28-/m1/s1. The first kappa shape index (κ1) is 27.5. The Morgan fingerprint density at radius 2 is 1.84 bits per heavy atom. The zero-order valence-corrected chi connectivity index (χ0v) is 22.2. The van der Waals surface area contributed by atoms with Crippen LogP contribution in [0, 0.1) is 17.3 Å². The molecule has 3 aliphatic carbocycles. The number of amides is 1. The van der Waals surface area contributed by atoms with E-state index in [1.807, 2.05) is 20.8 Å². The molecule has 0 spiro atoms. The topological polar surface area (TPSA) is 176 Å². The molecule has 10 heteroatoms. The van der Waals surface area contributed by atoms with Gasteiger partial charge in [-0.2, -0.15) is 0 Å². The summed E-state index contributed by atoms with van der Waals surface area (Å²) in [5.74, 6) is -4.86. The normalized spacial score (nSPS) is 25.0. The molecule has 1 amide bonds. The first-order valence-electron chi connectivity index (χ1n) is 12.6. The number of nitrogens with two attached hydrogens (primary N) is 1. The molecule has 10 nitrogen and oxygen atoms in total. The fraction of sp³-hybridized carbons (Fsp3) is 0.500. The second-order valence-corrected chi connectivity index (χ2v) is 11.7. The van der Waals surface area contributed by atoms with Crippen molar-refractivity contribution >= 4 is 34.9 Å². The van der Waals surface area contributed by atoms with Gasteiger partial charge in [-0.1, -0.05) is 26.3 Å². The number of aromatic hydroxyl groups is 1. The summed E-state index contributed by atoms with van der Waals surface area (Å²) in [5, 5.41) is 36.3. The number of nitrogens with one attached hydrogen (secondary N) is 1. The maximum absolute atomic E-state index is 13.7. The van der Waals surface area contributed by atoms with Crippen LogP contribution in [0.1, 0.15) is 64.2 Å². The second kappa shape index (κ2) is 9.36. The summed E-state index contributed by atoms with van der Waals surface area (Å²) in [6.07, 6.45) is -0.205. The molecule has 0 radical (unpaired) electrons. The molecule has 1 saturated carbocycles. The van der Waals surface area contributed by atoms with Crippen molar-refractivity contribution in [3.05, 3.63) is 39.5 Å². The first-order valence-corrected chi connectivity index (χ1v) is 12.6. The molecular weight excluding hydrogens is 492 g/mol. The van der Waals surface area contributed by atoms with Crippen molar-refractivity contribution < 1.29 is 39.2 Å². The first-order chi connectivity index (χ1) is 17.6. The number of aliphatic hydroxyl groups is 2. The van der Waals surface area contributed by atoms with E-state index in [0.717, 1.165) is 0 Å². The van der Waals surface area contributed by atoms with Gasteiger partial charge < -0.3 is 25.8 Å². The molecule has 1 aromatic rings. The van der Waals surface area contributed by atoms with Gasteiger partial charge in [0.1, 0.15) is 11.5 Å². The lowest BCUT2D eigenvalue weighted by Crippen LogP contribution is -2.61. The number of anilines is 1. The third-order valence-electron chi connectivity index (χ3n) is 7.60. The van der Waals surface area contributed by atoms with Crippen LogP contribution in [0.2, 0.25) is 0 Å². The minimum absolute atomic E-state index is 0.0211. The van der Waals surface area contributed by atoms with Crippen LogP contribution < -0.4 is 11.1 Å². The number of aliphatic hydroxyl groups excluding tert-OH is 1. The summed E-state index contributed by atoms with van der Waals surface area (Å²) in [6, 6.07) is 1.50. The maximum atomic E-state index is 13.7. The highest BCUT2D eigenvalue weighted by atomic mass is 16.5. The van der Waals surface area contributed by atoms with Gasteiger partial charge in [0.05, 0.1) is 23.4 Å². The molecule has 0 saturated heterocycles. The minimum Gasteiger partial charge on any atom is -0.507 e. The van der Waals surface area contributed by atoms with E-state index in [9.17, 15) is 34.5 Å². The molecular formula is C28H34N2O8. The molecule has 0 aromatic heterocycles. The highest BCUT2D eigenvalue weighted by Gasteiger charge is 2.60. The number of Topliss-reactive ketones (excluding diaryl/α,β-unsaturated/α-hetero) is 3. The van der Waals surface area contributed by atoms with Crippen molar-refractivity contribution in [2.45, 2.75) is 66.0 Å². The summed E-state index contributed by atoms with van der Waals surface area (Å²) < 4.78 is 5.21. The van der Waals surface area contributed by atoms with E-state index < -0.39 is 52.4 Å². The van der Waals surface area contributed by atoms with Gasteiger partial charge in [0.25, 0.3) is 0 Å². The number of hydrogen-bond acceptors (Lipinski definition) is 9. The van der Waals surface area contributed by atoms with Crippen LogP contribution in [0.25, 0.3) is 5.76 Å². The molecule has 6 N–H and O–H groups in total. The Kier molecular flexibility index (Phi) is 6.78. The molecule has 0 bridgehead atoms. The van der Waals surface area contributed by atoms with Crippen molar-refractivity contribution in [3.63, 3.8) is 0 Å². The average molecular weight is 527 g/mol. The van der Waals surface area contributed by atoms with Crippen LogP contribution >= 0.6 is 0 Å². The van der Waals surface area contributed by atoms with Gasteiger partial charge in [-0.3, -0.25) is 19.7 Å². The molecule has 4 rings (SSSR count). The lowest BCUT2D eigenvalue weighted by molar-refractivity contribution is -0.157. The van der Waals surface area contributed by atoms with Gasteiger partial charge in [-0.25, -0.2) is 4.79 Å². The fourth-order valence-corrected chi connectivity index (χ4v) is 5.87. The number of carbonyl (C=O) groups is 4. The average Bonchev–Trinajstić information content (AvgIpc) is 2.81. The van der Waals surface area contributed by atoms with E-state index in [0.29, 0.717) is 16.7 Å². The summed E-state index contributed by atoms with van der Waals surface area (Å²) >= 11 is 0. The van der Waals surface area contributed by atoms with Crippen LogP contribution in [0.15, 0.2) is 22.8 Å². The van der Waals surface area contributed by atoms with Crippen LogP contribution in [-0.4, -0.2) is 51.0 Å². The van der Waals surface area contributed by atoms with Crippen LogP contribution in [0.5, 0.6) is 5.75 Å². The van der Waals surface area contributed by atoms with E-state index in [-0.39, 0.29) is 60.2 Å². The fourth-order valence-electron chi connectivity index (χ4n) is 5.87. The van der Waals surface area contributed by atoms with Crippen molar-refractivity contribution in [3.8, 4) is 5.75 Å². The predicted molar refractivity (Wildman–Crippen MR) is 138 cm³/mol. The lowest BCUT2D eigenvalue weighted by atomic mass is 9.57. The SMILES string of the molecule is CC(=O)C1=C(C)C[C@@H]2C[C@@H]3Cc4c(CN)cc(NC(=O)OCC(C)(C)C)c(O)c4C(O)=C3C(=O)[C@]2(O)C1=O. The Hall–Kier alpha value is -3.50. The van der Waals surface area contributed by atoms with Crippen molar-refractivity contribution in [1.82, 2.24) is 0 Å². The zero-order chi connectivity index (χ0) is 28.3. The van der Waals surface area contributed by atoms with Gasteiger partial charge in [0.15, 0.2) is 11.4 Å². The second-order valence-electron chi connectivity index (χ2n) is 11.7. The van der Waals surface area contributed by atoms with Gasteiger partial charge in [0, 0.05) is 18.0 Å². The highest BCUT2D eigenvalue weighted by molar-refractivity contribution is 6.33. The molecule has 204 valence electrons. The van der Waals surface area contributed by atoms with E-state index in [1.165, 1.54) is 13.0 Å². The van der Waals surface area contributed by atoms with Gasteiger partial charge in [-0.15, -0.1) is 0 Å². The molecule has 1 aromatic carbocycles. The van der Waals surface area contributed by atoms with Gasteiger partial charge in [0.2, 0.25) is 11.6 Å². The molecule has 1 fully saturated rings. The van der Waals surface area contributed by atoms with E-state index >= 15 is 0 Å². The Bertz CT molecular complexity index is 1330. The Morgan fingerprint density at radius 3 is 2.42 bits per heavy atom. The van der Waals surface area contributed by atoms with Gasteiger partial charge in [-0.05, 0) is 61.6 Å². The number of carbonyl (C=O) groups excluding carboxylic acids is 4. The van der Waals surface area contributed by atoms with E-state index in [4.69, 9.17) is 10.5 Å². The molecule has 0 unspecified atom stereocenters. The number of allylic oxidation sites excluding steroid dienone is 1. The molecule has 0 aliphatic heterocycles. The van der Waals surface area contributed by atoms with Crippen molar-refractivity contribution in [2.75, 3.05) is 11.9 Å². The molecule has 3 atom stereocenters. The number of ketones is 3.